The van der Waals surface area contributed by atoms with Crippen LogP contribution < -0.4 is 0 Å². The van der Waals surface area contributed by atoms with Crippen molar-refractivity contribution < 1.29 is 0 Å². The molecule has 13 heavy (non-hydrogen) atoms. The summed E-state index contributed by atoms with van der Waals surface area (Å²) in [6.07, 6.45) is 5.87. The van der Waals surface area contributed by atoms with Gasteiger partial charge in [-0.05, 0) is 19.7 Å². The fraction of sp³-hybridized carbons (Fsp3) is 0.0833. The molecule has 1 heteroatoms. The average Bonchev–Trinajstić information content (AvgIpc) is 2.21. The zero-order chi connectivity index (χ0) is 9.52. The van der Waals surface area contributed by atoms with Crippen LogP contribution in [0.5, 0.6) is 0 Å². The molecule has 0 saturated carbocycles. The molecule has 0 aromatic heterocycles. The third-order valence-corrected chi connectivity index (χ3v) is 1.69. The summed E-state index contributed by atoms with van der Waals surface area (Å²) in [5, 5.41) is 0. The molecule has 0 radical (unpaired) electrons. The van der Waals surface area contributed by atoms with Gasteiger partial charge in [-0.2, -0.15) is 0 Å². The van der Waals surface area contributed by atoms with Crippen LogP contribution >= 0.6 is 0 Å². The van der Waals surface area contributed by atoms with Gasteiger partial charge in [-0.15, -0.1) is 0 Å². The molecule has 0 spiro atoms. The number of hydrogen-bond acceptors (Lipinski definition) is 1. The second-order valence-corrected chi connectivity index (χ2v) is 2.60. The van der Waals surface area contributed by atoms with Crippen LogP contribution in [-0.2, 0) is 0 Å². The van der Waals surface area contributed by atoms with E-state index >= 15 is 0 Å². The number of rotatable bonds is 3. The minimum Gasteiger partial charge on any atom is -0.264 e. The lowest BCUT2D eigenvalue weighted by Gasteiger charge is -1.98. The first kappa shape index (κ1) is 9.46. The minimum absolute atomic E-state index is 0.902. The largest absolute Gasteiger partial charge is 0.264 e. The quantitative estimate of drug-likeness (QED) is 0.488. The first-order valence-electron chi connectivity index (χ1n) is 4.23. The molecule has 0 fully saturated rings. The third kappa shape index (κ3) is 2.71. The number of benzene rings is 1. The van der Waals surface area contributed by atoms with E-state index in [2.05, 4.69) is 11.7 Å². The van der Waals surface area contributed by atoms with Crippen molar-refractivity contribution in [2.24, 2.45) is 4.99 Å². The monoisotopic (exact) mass is 171 g/mol. The Balaban J connectivity index is 2.98. The van der Waals surface area contributed by atoms with Crippen molar-refractivity contribution in [3.63, 3.8) is 0 Å². The number of nitrogens with zero attached hydrogens (tertiary/aromatic N) is 1. The molecule has 1 aromatic rings. The molecule has 0 heterocycles. The number of allylic oxidation sites excluding steroid dienone is 3. The summed E-state index contributed by atoms with van der Waals surface area (Å²) in [5.41, 5.74) is 1.99. The lowest BCUT2D eigenvalue weighted by Crippen LogP contribution is -1.78. The molecular weight excluding hydrogens is 158 g/mol. The van der Waals surface area contributed by atoms with Gasteiger partial charge in [0.2, 0.25) is 0 Å². The summed E-state index contributed by atoms with van der Waals surface area (Å²) < 4.78 is 0. The zero-order valence-corrected chi connectivity index (χ0v) is 7.77. The Morgan fingerprint density at radius 3 is 2.54 bits per heavy atom. The first-order valence-corrected chi connectivity index (χ1v) is 4.23. The molecule has 0 unspecified atom stereocenters. The molecular formula is C12H13N. The maximum absolute atomic E-state index is 3.96. The molecule has 0 aliphatic heterocycles. The van der Waals surface area contributed by atoms with Crippen LogP contribution in [0.2, 0.25) is 0 Å². The normalized spacial score (nSPS) is 11.9. The van der Waals surface area contributed by atoms with Crippen LogP contribution in [0.4, 0.5) is 0 Å². The summed E-state index contributed by atoms with van der Waals surface area (Å²) in [6, 6.07) is 10.0. The van der Waals surface area contributed by atoms with E-state index in [1.807, 2.05) is 55.5 Å². The number of hydrogen-bond donors (Lipinski definition) is 0. The summed E-state index contributed by atoms with van der Waals surface area (Å²) >= 11 is 0. The van der Waals surface area contributed by atoms with E-state index in [1.54, 1.807) is 0 Å². The van der Waals surface area contributed by atoms with Gasteiger partial charge in [0.15, 0.2) is 0 Å². The smallest absolute Gasteiger partial charge is 0.0694 e. The Labute approximate surface area is 79.1 Å². The summed E-state index contributed by atoms with van der Waals surface area (Å²) in [6.45, 7) is 5.51. The van der Waals surface area contributed by atoms with Crippen LogP contribution in [0.1, 0.15) is 12.5 Å². The SMILES string of the molecule is C=N/C(=C\C=C/C)c1ccccc1. The van der Waals surface area contributed by atoms with Crippen molar-refractivity contribution in [3.05, 3.63) is 54.1 Å². The van der Waals surface area contributed by atoms with Crippen molar-refractivity contribution in [2.75, 3.05) is 0 Å². The van der Waals surface area contributed by atoms with Crippen LogP contribution in [0.3, 0.4) is 0 Å². The topological polar surface area (TPSA) is 12.4 Å². The lowest BCUT2D eigenvalue weighted by molar-refractivity contribution is 1.52. The Morgan fingerprint density at radius 2 is 2.00 bits per heavy atom. The molecule has 0 saturated heterocycles. The van der Waals surface area contributed by atoms with Gasteiger partial charge in [0.1, 0.15) is 0 Å². The highest BCUT2D eigenvalue weighted by atomic mass is 14.7. The average molecular weight is 171 g/mol. The highest BCUT2D eigenvalue weighted by Crippen LogP contribution is 2.14. The maximum atomic E-state index is 3.96. The van der Waals surface area contributed by atoms with Crippen LogP contribution in [0.25, 0.3) is 5.70 Å². The molecule has 1 rings (SSSR count). The van der Waals surface area contributed by atoms with Crippen molar-refractivity contribution in [2.45, 2.75) is 6.92 Å². The molecule has 1 nitrogen and oxygen atoms in total. The molecule has 0 N–H and O–H groups in total. The molecule has 0 atom stereocenters. The van der Waals surface area contributed by atoms with Crippen molar-refractivity contribution in [3.8, 4) is 0 Å². The van der Waals surface area contributed by atoms with Crippen molar-refractivity contribution in [1.29, 1.82) is 0 Å². The highest BCUT2D eigenvalue weighted by molar-refractivity contribution is 5.69. The van der Waals surface area contributed by atoms with Crippen molar-refractivity contribution in [1.82, 2.24) is 0 Å². The standard InChI is InChI=1S/C12H13N/c1-3-4-10-12(13-2)11-8-6-5-7-9-11/h3-10H,2H2,1H3/b4-3-,12-10-. The van der Waals surface area contributed by atoms with Gasteiger partial charge >= 0.3 is 0 Å². The van der Waals surface area contributed by atoms with E-state index in [1.165, 1.54) is 0 Å². The van der Waals surface area contributed by atoms with E-state index in [9.17, 15) is 0 Å². The number of aliphatic imine (C=N–C) groups is 1. The van der Waals surface area contributed by atoms with Gasteiger partial charge < -0.3 is 0 Å². The van der Waals surface area contributed by atoms with E-state index in [-0.39, 0.29) is 0 Å². The Kier molecular flexibility index (Phi) is 3.71. The highest BCUT2D eigenvalue weighted by Gasteiger charge is 1.93. The van der Waals surface area contributed by atoms with Gasteiger partial charge in [-0.25, -0.2) is 0 Å². The van der Waals surface area contributed by atoms with Crippen LogP contribution in [0.15, 0.2) is 53.6 Å². The second-order valence-electron chi connectivity index (χ2n) is 2.60. The molecule has 0 amide bonds. The summed E-state index contributed by atoms with van der Waals surface area (Å²) in [7, 11) is 0. The van der Waals surface area contributed by atoms with Gasteiger partial charge in [-0.1, -0.05) is 42.5 Å². The molecule has 1 aromatic carbocycles. The van der Waals surface area contributed by atoms with E-state index in [4.69, 9.17) is 0 Å². The van der Waals surface area contributed by atoms with Crippen LogP contribution in [-0.4, -0.2) is 6.72 Å². The Bertz CT molecular complexity index is 320. The fourth-order valence-electron chi connectivity index (χ4n) is 1.04. The van der Waals surface area contributed by atoms with E-state index in [0.29, 0.717) is 0 Å². The first-order chi connectivity index (χ1) is 6.38. The van der Waals surface area contributed by atoms with Crippen LogP contribution in [0, 0.1) is 0 Å². The third-order valence-electron chi connectivity index (χ3n) is 1.69. The summed E-state index contributed by atoms with van der Waals surface area (Å²) in [5.74, 6) is 0. The predicted octanol–water partition coefficient (Wildman–Crippen LogP) is 3.30. The Morgan fingerprint density at radius 1 is 1.31 bits per heavy atom. The fourth-order valence-corrected chi connectivity index (χ4v) is 1.04. The molecule has 66 valence electrons. The molecule has 0 aliphatic carbocycles. The van der Waals surface area contributed by atoms with E-state index in [0.717, 1.165) is 11.3 Å². The second kappa shape index (κ2) is 5.09. The molecule has 0 aliphatic rings. The van der Waals surface area contributed by atoms with Gasteiger partial charge in [0, 0.05) is 5.56 Å². The predicted molar refractivity (Wildman–Crippen MR) is 58.8 cm³/mol. The zero-order valence-electron chi connectivity index (χ0n) is 7.77. The van der Waals surface area contributed by atoms with Crippen molar-refractivity contribution >= 4 is 12.4 Å². The van der Waals surface area contributed by atoms with Gasteiger partial charge in [0.25, 0.3) is 0 Å². The molecule has 0 bridgehead atoms. The summed E-state index contributed by atoms with van der Waals surface area (Å²) in [4.78, 5) is 3.96. The van der Waals surface area contributed by atoms with E-state index < -0.39 is 0 Å². The maximum Gasteiger partial charge on any atom is 0.0694 e. The lowest BCUT2D eigenvalue weighted by atomic mass is 10.1. The minimum atomic E-state index is 0.902. The van der Waals surface area contributed by atoms with Gasteiger partial charge in [0.05, 0.1) is 5.70 Å². The Hall–Kier alpha value is -1.63. The van der Waals surface area contributed by atoms with Gasteiger partial charge in [-0.3, -0.25) is 4.99 Å².